The van der Waals surface area contributed by atoms with Crippen LogP contribution in [0.2, 0.25) is 0 Å². The number of aliphatic hydroxyl groups excluding tert-OH is 1. The van der Waals surface area contributed by atoms with E-state index in [0.29, 0.717) is 18.4 Å². The third kappa shape index (κ3) is 4.05. The monoisotopic (exact) mass is 468 g/mol. The van der Waals surface area contributed by atoms with Gasteiger partial charge in [-0.25, -0.2) is 4.79 Å². The molecule has 1 aliphatic rings. The summed E-state index contributed by atoms with van der Waals surface area (Å²) < 4.78 is 7.76. The number of aliphatic hydroxyl groups is 1. The molecule has 0 amide bonds. The molecule has 178 valence electrons. The lowest BCUT2D eigenvalue weighted by Gasteiger charge is -2.42. The van der Waals surface area contributed by atoms with Crippen molar-refractivity contribution < 1.29 is 9.84 Å². The van der Waals surface area contributed by atoms with Gasteiger partial charge >= 0.3 is 5.69 Å². The highest BCUT2D eigenvalue weighted by Crippen LogP contribution is 2.46. The van der Waals surface area contributed by atoms with Gasteiger partial charge in [-0.2, -0.15) is 0 Å². The van der Waals surface area contributed by atoms with E-state index in [9.17, 15) is 14.7 Å². The molecular formula is C29H28N2O4. The second kappa shape index (κ2) is 9.49. The summed E-state index contributed by atoms with van der Waals surface area (Å²) in [6, 6.07) is 29.9. The molecule has 6 heteroatoms. The molecule has 1 saturated heterocycles. The summed E-state index contributed by atoms with van der Waals surface area (Å²) in [7, 11) is 0. The highest BCUT2D eigenvalue weighted by molar-refractivity contribution is 5.52. The molecule has 4 aromatic rings. The first-order chi connectivity index (χ1) is 17.0. The zero-order valence-corrected chi connectivity index (χ0v) is 19.5. The van der Waals surface area contributed by atoms with Gasteiger partial charge in [-0.3, -0.25) is 14.3 Å². The maximum absolute atomic E-state index is 12.5. The summed E-state index contributed by atoms with van der Waals surface area (Å²) >= 11 is 0. The van der Waals surface area contributed by atoms with Crippen molar-refractivity contribution in [1.29, 1.82) is 0 Å². The Bertz CT molecular complexity index is 1300. The molecule has 6 nitrogen and oxygen atoms in total. The van der Waals surface area contributed by atoms with E-state index in [0.717, 1.165) is 16.7 Å². The third-order valence-electron chi connectivity index (χ3n) is 6.97. The van der Waals surface area contributed by atoms with Crippen molar-refractivity contribution in [2.24, 2.45) is 0 Å². The van der Waals surface area contributed by atoms with E-state index in [1.54, 1.807) is 6.92 Å². The topological polar surface area (TPSA) is 84.3 Å². The van der Waals surface area contributed by atoms with E-state index in [1.165, 1.54) is 10.8 Å². The number of aromatic amines is 1. The van der Waals surface area contributed by atoms with Gasteiger partial charge in [0.05, 0.1) is 17.6 Å². The number of nitrogens with one attached hydrogen (secondary N) is 1. The van der Waals surface area contributed by atoms with Gasteiger partial charge in [-0.1, -0.05) is 91.0 Å². The van der Waals surface area contributed by atoms with Crippen LogP contribution >= 0.6 is 0 Å². The average molecular weight is 469 g/mol. The van der Waals surface area contributed by atoms with Crippen LogP contribution in [0.1, 0.15) is 41.3 Å². The van der Waals surface area contributed by atoms with E-state index >= 15 is 0 Å². The SMILES string of the molecule is Cc1cn([C@H]2CC[C@@H]([C@@H](O)C(c3ccccc3)(c3ccccc3)c3ccccc3)O2)c(=O)[nH]c1=O. The van der Waals surface area contributed by atoms with E-state index in [1.807, 2.05) is 91.0 Å². The van der Waals surface area contributed by atoms with Crippen LogP contribution in [-0.2, 0) is 10.2 Å². The molecule has 2 N–H and O–H groups in total. The Hall–Kier alpha value is -3.74. The lowest BCUT2D eigenvalue weighted by molar-refractivity contribution is -0.0757. The first kappa shape index (κ1) is 23.0. The Morgan fingerprint density at radius 1 is 0.857 bits per heavy atom. The quantitative estimate of drug-likeness (QED) is 0.420. The number of nitrogens with zero attached hydrogens (tertiary/aromatic N) is 1. The Morgan fingerprint density at radius 2 is 1.34 bits per heavy atom. The van der Waals surface area contributed by atoms with Gasteiger partial charge in [0, 0.05) is 11.8 Å². The molecule has 0 bridgehead atoms. The zero-order chi connectivity index (χ0) is 24.4. The second-order valence-corrected chi connectivity index (χ2v) is 9.04. The fourth-order valence-corrected chi connectivity index (χ4v) is 5.28. The molecule has 3 aromatic carbocycles. The Kier molecular flexibility index (Phi) is 6.24. The minimum absolute atomic E-state index is 0.405. The summed E-state index contributed by atoms with van der Waals surface area (Å²) in [6.07, 6.45) is 0.572. The molecule has 1 aliphatic heterocycles. The molecule has 0 unspecified atom stereocenters. The van der Waals surface area contributed by atoms with Crippen LogP contribution in [-0.4, -0.2) is 26.9 Å². The smallest absolute Gasteiger partial charge is 0.330 e. The van der Waals surface area contributed by atoms with Gasteiger partial charge in [-0.15, -0.1) is 0 Å². The first-order valence-electron chi connectivity index (χ1n) is 11.8. The fourth-order valence-electron chi connectivity index (χ4n) is 5.28. The number of hydrogen-bond acceptors (Lipinski definition) is 4. The normalized spacial score (nSPS) is 18.9. The van der Waals surface area contributed by atoms with E-state index < -0.39 is 35.1 Å². The Labute approximate surface area is 203 Å². The largest absolute Gasteiger partial charge is 0.389 e. The van der Waals surface area contributed by atoms with Crippen LogP contribution in [0.3, 0.4) is 0 Å². The molecule has 1 aromatic heterocycles. The third-order valence-corrected chi connectivity index (χ3v) is 6.97. The van der Waals surface area contributed by atoms with Crippen molar-refractivity contribution in [3.8, 4) is 0 Å². The average Bonchev–Trinajstić information content (AvgIpc) is 3.39. The lowest BCUT2D eigenvalue weighted by atomic mass is 9.64. The summed E-state index contributed by atoms with van der Waals surface area (Å²) in [5.74, 6) is 0. The molecular weight excluding hydrogens is 440 g/mol. The van der Waals surface area contributed by atoms with E-state index in [2.05, 4.69) is 4.98 Å². The summed E-state index contributed by atoms with van der Waals surface area (Å²) in [4.78, 5) is 26.7. The summed E-state index contributed by atoms with van der Waals surface area (Å²) in [5, 5.41) is 12.2. The van der Waals surface area contributed by atoms with Crippen molar-refractivity contribution in [2.45, 2.75) is 43.6 Å². The highest BCUT2D eigenvalue weighted by Gasteiger charge is 2.49. The van der Waals surface area contributed by atoms with Gasteiger partial charge in [0.2, 0.25) is 0 Å². The summed E-state index contributed by atoms with van der Waals surface area (Å²) in [5.41, 5.74) is 1.48. The molecule has 0 aliphatic carbocycles. The van der Waals surface area contributed by atoms with E-state index in [-0.39, 0.29) is 0 Å². The fraction of sp³-hybridized carbons (Fsp3) is 0.241. The Balaban J connectivity index is 1.62. The first-order valence-corrected chi connectivity index (χ1v) is 11.8. The number of H-pyrrole nitrogens is 1. The van der Waals surface area contributed by atoms with E-state index in [4.69, 9.17) is 4.74 Å². The maximum atomic E-state index is 12.5. The van der Waals surface area contributed by atoms with Crippen LogP contribution in [0.5, 0.6) is 0 Å². The van der Waals surface area contributed by atoms with Crippen molar-refractivity contribution in [1.82, 2.24) is 9.55 Å². The molecule has 1 fully saturated rings. The van der Waals surface area contributed by atoms with Crippen molar-refractivity contribution >= 4 is 0 Å². The van der Waals surface area contributed by atoms with Crippen LogP contribution < -0.4 is 11.2 Å². The molecule has 0 spiro atoms. The van der Waals surface area contributed by atoms with Gasteiger partial charge in [-0.05, 0) is 36.5 Å². The second-order valence-electron chi connectivity index (χ2n) is 9.04. The molecule has 5 rings (SSSR count). The standard InChI is InChI=1S/C29H28N2O4/c1-20-19-31(28(34)30-27(20)33)25-18-17-24(35-25)26(32)29(21-11-5-2-6-12-21,22-13-7-3-8-14-22)23-15-9-4-10-16-23/h2-16,19,24-26,32H,17-18H2,1H3,(H,30,33,34)/t24-,25+,26+/m0/s1. The van der Waals surface area contributed by atoms with Gasteiger partial charge < -0.3 is 9.84 Å². The predicted octanol–water partition coefficient (Wildman–Crippen LogP) is 3.92. The number of ether oxygens (including phenoxy) is 1. The molecule has 2 heterocycles. The predicted molar refractivity (Wildman–Crippen MR) is 134 cm³/mol. The molecule has 35 heavy (non-hydrogen) atoms. The van der Waals surface area contributed by atoms with Crippen molar-refractivity contribution in [2.75, 3.05) is 0 Å². The van der Waals surface area contributed by atoms with Crippen LogP contribution in [0.25, 0.3) is 0 Å². The zero-order valence-electron chi connectivity index (χ0n) is 19.5. The minimum Gasteiger partial charge on any atom is -0.389 e. The van der Waals surface area contributed by atoms with Crippen LogP contribution in [0.15, 0.2) is 107 Å². The van der Waals surface area contributed by atoms with Gasteiger partial charge in [0.25, 0.3) is 5.56 Å². The highest BCUT2D eigenvalue weighted by atomic mass is 16.5. The number of aromatic nitrogens is 2. The number of benzene rings is 3. The van der Waals surface area contributed by atoms with Crippen molar-refractivity contribution in [3.63, 3.8) is 0 Å². The lowest BCUT2D eigenvalue weighted by Crippen LogP contribution is -2.48. The van der Waals surface area contributed by atoms with Crippen molar-refractivity contribution in [3.05, 3.63) is 140 Å². The van der Waals surface area contributed by atoms with Crippen LogP contribution in [0, 0.1) is 6.92 Å². The minimum atomic E-state index is -0.945. The van der Waals surface area contributed by atoms with Gasteiger partial charge in [0.15, 0.2) is 0 Å². The molecule has 0 saturated carbocycles. The van der Waals surface area contributed by atoms with Gasteiger partial charge in [0.1, 0.15) is 6.23 Å². The summed E-state index contributed by atoms with van der Waals surface area (Å²) in [6.45, 7) is 1.65. The maximum Gasteiger partial charge on any atom is 0.330 e. The van der Waals surface area contributed by atoms with Crippen LogP contribution in [0.4, 0.5) is 0 Å². The Morgan fingerprint density at radius 3 is 1.83 bits per heavy atom. The number of rotatable bonds is 6. The molecule has 0 radical (unpaired) electrons. The molecule has 3 atom stereocenters. The number of aryl methyl sites for hydroxylation is 1. The number of hydrogen-bond donors (Lipinski definition) is 2.